The van der Waals surface area contributed by atoms with Crippen LogP contribution < -0.4 is 0 Å². The van der Waals surface area contributed by atoms with Crippen LogP contribution in [0.4, 0.5) is 0 Å². The lowest BCUT2D eigenvalue weighted by atomic mass is 9.96. The van der Waals surface area contributed by atoms with Gasteiger partial charge in [0.2, 0.25) is 0 Å². The molecule has 0 aliphatic heterocycles. The zero-order valence-electron chi connectivity index (χ0n) is 23.3. The minimum atomic E-state index is -1.07. The fourth-order valence-corrected chi connectivity index (χ4v) is 4.46. The summed E-state index contributed by atoms with van der Waals surface area (Å²) in [5, 5.41) is 10.7. The second-order valence-corrected chi connectivity index (χ2v) is 9.76. The molecule has 0 fully saturated rings. The van der Waals surface area contributed by atoms with Gasteiger partial charge in [-0.05, 0) is 43.0 Å². The molecule has 0 spiro atoms. The summed E-state index contributed by atoms with van der Waals surface area (Å²) >= 11 is 0. The molecule has 2 aromatic carbocycles. The monoisotopic (exact) mass is 519 g/mol. The van der Waals surface area contributed by atoms with Gasteiger partial charge in [-0.1, -0.05) is 114 Å². The van der Waals surface area contributed by atoms with Crippen molar-refractivity contribution in [2.24, 2.45) is 0 Å². The first-order valence-corrected chi connectivity index (χ1v) is 14.4. The number of carboxylic acids is 1. The van der Waals surface area contributed by atoms with E-state index in [1.54, 1.807) is 6.07 Å². The molecule has 0 saturated heterocycles. The molecular formula is C33H45NO4. The maximum absolute atomic E-state index is 12.6. The summed E-state index contributed by atoms with van der Waals surface area (Å²) < 4.78 is 5.42. The Morgan fingerprint density at radius 3 is 2.05 bits per heavy atom. The Balaban J connectivity index is 0.000000415. The Labute approximate surface area is 228 Å². The molecule has 5 nitrogen and oxygen atoms in total. The number of hydrogen-bond acceptors (Lipinski definition) is 4. The van der Waals surface area contributed by atoms with Crippen molar-refractivity contribution in [3.8, 4) is 0 Å². The zero-order chi connectivity index (χ0) is 27.4. The van der Waals surface area contributed by atoms with E-state index in [1.807, 2.05) is 36.5 Å². The quantitative estimate of drug-likeness (QED) is 0.151. The van der Waals surface area contributed by atoms with Crippen LogP contribution in [0.2, 0.25) is 0 Å². The summed E-state index contributed by atoms with van der Waals surface area (Å²) in [6, 6.07) is 17.2. The number of nitrogens with zero attached hydrogens (tertiary/aromatic N) is 1. The molecule has 0 saturated carbocycles. The van der Waals surface area contributed by atoms with Gasteiger partial charge in [-0.25, -0.2) is 9.59 Å². The van der Waals surface area contributed by atoms with Crippen molar-refractivity contribution >= 4 is 22.8 Å². The molecule has 38 heavy (non-hydrogen) atoms. The van der Waals surface area contributed by atoms with Crippen molar-refractivity contribution in [2.45, 2.75) is 97.3 Å². The summed E-state index contributed by atoms with van der Waals surface area (Å²) in [5.41, 5.74) is 2.15. The molecule has 0 atom stereocenters. The number of aromatic carboxylic acids is 1. The number of hydrogen-bond donors (Lipinski definition) is 1. The predicted molar refractivity (Wildman–Crippen MR) is 156 cm³/mol. The molecule has 0 radical (unpaired) electrons. The fourth-order valence-electron chi connectivity index (χ4n) is 4.46. The molecule has 3 rings (SSSR count). The Morgan fingerprint density at radius 1 is 0.737 bits per heavy atom. The van der Waals surface area contributed by atoms with Crippen molar-refractivity contribution in [3.63, 3.8) is 0 Å². The van der Waals surface area contributed by atoms with Crippen LogP contribution in [0, 0.1) is 0 Å². The molecule has 3 aromatic rings. The van der Waals surface area contributed by atoms with Crippen LogP contribution >= 0.6 is 0 Å². The van der Waals surface area contributed by atoms with Crippen molar-refractivity contribution in [1.82, 2.24) is 4.98 Å². The first-order chi connectivity index (χ1) is 18.6. The molecule has 1 heterocycles. The van der Waals surface area contributed by atoms with Crippen LogP contribution in [0.3, 0.4) is 0 Å². The standard InChI is InChI=1S/C24H38O4.C9H7N/c1-3-5-7-9-11-13-16-20-17-15-18-21(23(25)26)22(20)24(27)28-19-14-12-10-8-6-4-2;1-2-6-9-8(4-1)5-3-7-10-9/h15,17-18H,3-14,16,19H2,1-2H3,(H,25,26);1-7H. The lowest BCUT2D eigenvalue weighted by Crippen LogP contribution is -2.15. The molecule has 5 heteroatoms. The molecule has 1 aromatic heterocycles. The molecule has 1 N–H and O–H groups in total. The van der Waals surface area contributed by atoms with Gasteiger partial charge in [0.05, 0.1) is 23.3 Å². The average Bonchev–Trinajstić information content (AvgIpc) is 2.94. The van der Waals surface area contributed by atoms with Crippen molar-refractivity contribution in [3.05, 3.63) is 77.5 Å². The maximum Gasteiger partial charge on any atom is 0.339 e. The van der Waals surface area contributed by atoms with E-state index in [1.165, 1.54) is 56.4 Å². The molecule has 206 valence electrons. The van der Waals surface area contributed by atoms with E-state index in [0.717, 1.165) is 43.2 Å². The van der Waals surface area contributed by atoms with E-state index < -0.39 is 11.9 Å². The van der Waals surface area contributed by atoms with Gasteiger partial charge < -0.3 is 9.84 Å². The number of pyridine rings is 1. The van der Waals surface area contributed by atoms with E-state index in [2.05, 4.69) is 31.0 Å². The summed E-state index contributed by atoms with van der Waals surface area (Å²) in [5.74, 6) is -1.57. The van der Waals surface area contributed by atoms with E-state index in [9.17, 15) is 14.7 Å². The van der Waals surface area contributed by atoms with Crippen molar-refractivity contribution in [1.29, 1.82) is 0 Å². The molecule has 0 bridgehead atoms. The third kappa shape index (κ3) is 11.5. The first kappa shape index (κ1) is 31.0. The lowest BCUT2D eigenvalue weighted by Gasteiger charge is -2.12. The summed E-state index contributed by atoms with van der Waals surface area (Å²) in [4.78, 5) is 28.4. The normalized spacial score (nSPS) is 10.6. The van der Waals surface area contributed by atoms with Gasteiger partial charge in [-0.15, -0.1) is 0 Å². The minimum absolute atomic E-state index is 0.0522. The first-order valence-electron chi connectivity index (χ1n) is 14.4. The number of rotatable bonds is 16. The van der Waals surface area contributed by atoms with Crippen LogP contribution in [0.25, 0.3) is 10.9 Å². The number of esters is 1. The smallest absolute Gasteiger partial charge is 0.339 e. The number of para-hydroxylation sites is 1. The Bertz CT molecular complexity index is 1030. The summed E-state index contributed by atoms with van der Waals surface area (Å²) in [6.07, 6.45) is 16.2. The summed E-state index contributed by atoms with van der Waals surface area (Å²) in [6.45, 7) is 4.74. The van der Waals surface area contributed by atoms with E-state index >= 15 is 0 Å². The van der Waals surface area contributed by atoms with E-state index in [0.29, 0.717) is 13.0 Å². The van der Waals surface area contributed by atoms with Gasteiger partial charge in [0.25, 0.3) is 0 Å². The largest absolute Gasteiger partial charge is 0.478 e. The van der Waals surface area contributed by atoms with Crippen molar-refractivity contribution < 1.29 is 19.4 Å². The average molecular weight is 520 g/mol. The molecule has 0 amide bonds. The molecule has 0 unspecified atom stereocenters. The number of fused-ring (bicyclic) bond motifs is 1. The lowest BCUT2D eigenvalue weighted by molar-refractivity contribution is 0.0486. The number of carboxylic acid groups (broad SMARTS) is 1. The minimum Gasteiger partial charge on any atom is -0.478 e. The van der Waals surface area contributed by atoms with Crippen LogP contribution in [0.15, 0.2) is 60.8 Å². The SMILES string of the molecule is CCCCCCCCOC(=O)c1c(CCCCCCCC)cccc1C(=O)O.c1ccc2ncccc2c1. The van der Waals surface area contributed by atoms with Crippen molar-refractivity contribution in [2.75, 3.05) is 6.61 Å². The summed E-state index contributed by atoms with van der Waals surface area (Å²) in [7, 11) is 0. The number of carbonyl (C=O) groups excluding carboxylic acids is 1. The third-order valence-electron chi connectivity index (χ3n) is 6.63. The highest BCUT2D eigenvalue weighted by atomic mass is 16.5. The van der Waals surface area contributed by atoms with Gasteiger partial charge in [0, 0.05) is 11.6 Å². The predicted octanol–water partition coefficient (Wildman–Crippen LogP) is 9.04. The fraction of sp³-hybridized carbons (Fsp3) is 0.485. The highest BCUT2D eigenvalue weighted by Crippen LogP contribution is 2.20. The topological polar surface area (TPSA) is 76.5 Å². The zero-order valence-corrected chi connectivity index (χ0v) is 23.3. The molecule has 0 aliphatic carbocycles. The molecular weight excluding hydrogens is 474 g/mol. The Hall–Kier alpha value is -3.21. The Morgan fingerprint density at radius 2 is 1.37 bits per heavy atom. The third-order valence-corrected chi connectivity index (χ3v) is 6.63. The number of ether oxygens (including phenoxy) is 1. The number of aromatic nitrogens is 1. The van der Waals surface area contributed by atoms with Crippen LogP contribution in [0.1, 0.15) is 117 Å². The second kappa shape index (κ2) is 18.9. The number of benzene rings is 2. The highest BCUT2D eigenvalue weighted by molar-refractivity contribution is 6.03. The van der Waals surface area contributed by atoms with Gasteiger partial charge >= 0.3 is 11.9 Å². The van der Waals surface area contributed by atoms with E-state index in [4.69, 9.17) is 4.74 Å². The van der Waals surface area contributed by atoms with Crippen LogP contribution in [0.5, 0.6) is 0 Å². The van der Waals surface area contributed by atoms with Gasteiger partial charge in [0.1, 0.15) is 0 Å². The van der Waals surface area contributed by atoms with Gasteiger partial charge in [-0.2, -0.15) is 0 Å². The highest BCUT2D eigenvalue weighted by Gasteiger charge is 2.21. The van der Waals surface area contributed by atoms with Crippen LogP contribution in [-0.2, 0) is 11.2 Å². The number of carbonyl (C=O) groups is 2. The van der Waals surface area contributed by atoms with Gasteiger partial charge in [-0.3, -0.25) is 4.98 Å². The maximum atomic E-state index is 12.6. The van der Waals surface area contributed by atoms with E-state index in [-0.39, 0.29) is 11.1 Å². The Kier molecular flexibility index (Phi) is 15.5. The number of unbranched alkanes of at least 4 members (excludes halogenated alkanes) is 10. The number of aryl methyl sites for hydroxylation is 1. The van der Waals surface area contributed by atoms with Crippen LogP contribution in [-0.4, -0.2) is 28.6 Å². The molecule has 0 aliphatic rings. The van der Waals surface area contributed by atoms with Gasteiger partial charge in [0.15, 0.2) is 0 Å². The second-order valence-electron chi connectivity index (χ2n) is 9.76.